The fourth-order valence-electron chi connectivity index (χ4n) is 3.15. The lowest BCUT2D eigenvalue weighted by Gasteiger charge is -2.37. The van der Waals surface area contributed by atoms with Crippen LogP contribution in [0.1, 0.15) is 41.7 Å². The van der Waals surface area contributed by atoms with Crippen LogP contribution in [0.3, 0.4) is 0 Å². The van der Waals surface area contributed by atoms with Crippen molar-refractivity contribution in [1.82, 2.24) is 9.88 Å². The zero-order valence-corrected chi connectivity index (χ0v) is 12.2. The minimum absolute atomic E-state index is 0.185. The summed E-state index contributed by atoms with van der Waals surface area (Å²) < 4.78 is 2.05. The molecule has 0 unspecified atom stereocenters. The largest absolute Gasteiger partial charge is 0.393 e. The smallest absolute Gasteiger partial charge is 0.270 e. The van der Waals surface area contributed by atoms with Crippen LogP contribution in [-0.2, 0) is 5.66 Å². The number of nitrogens with zero attached hydrogens (tertiary/aromatic N) is 1. The van der Waals surface area contributed by atoms with Gasteiger partial charge in [0.2, 0.25) is 0 Å². The van der Waals surface area contributed by atoms with Gasteiger partial charge in [0.15, 0.2) is 0 Å². The molecule has 0 radical (unpaired) electrons. The van der Waals surface area contributed by atoms with Crippen LogP contribution in [0.2, 0.25) is 0 Å². The molecule has 2 aliphatic rings. The Morgan fingerprint density at radius 1 is 1.42 bits per heavy atom. The third-order valence-electron chi connectivity index (χ3n) is 4.12. The van der Waals surface area contributed by atoms with Crippen LogP contribution in [0.4, 0.5) is 0 Å². The van der Waals surface area contributed by atoms with Gasteiger partial charge in [0, 0.05) is 0 Å². The predicted molar refractivity (Wildman–Crippen MR) is 73.1 cm³/mol. The highest BCUT2D eigenvalue weighted by Gasteiger charge is 2.46. The Morgan fingerprint density at radius 3 is 2.68 bits per heavy atom. The Balaban J connectivity index is 2.21. The third kappa shape index (κ3) is 1.77. The summed E-state index contributed by atoms with van der Waals surface area (Å²) in [5.74, 6) is -0.196. The van der Waals surface area contributed by atoms with Gasteiger partial charge in [-0.2, -0.15) is 0 Å². The molecular formula is C13H15BrN2O3. The van der Waals surface area contributed by atoms with E-state index < -0.39 is 5.66 Å². The second-order valence-corrected chi connectivity index (χ2v) is 6.24. The first-order chi connectivity index (χ1) is 8.94. The molecule has 0 bridgehead atoms. The van der Waals surface area contributed by atoms with E-state index in [0.717, 1.165) is 5.56 Å². The molecule has 1 fully saturated rings. The molecule has 1 amide bonds. The molecule has 2 heterocycles. The number of nitrogens with one attached hydrogen (secondary N) is 1. The molecule has 102 valence electrons. The van der Waals surface area contributed by atoms with E-state index in [1.165, 1.54) is 0 Å². The Kier molecular flexibility index (Phi) is 2.83. The Bertz CT molecular complexity index is 615. The summed E-state index contributed by atoms with van der Waals surface area (Å²) in [4.78, 5) is 24.5. The van der Waals surface area contributed by atoms with Gasteiger partial charge in [-0.25, -0.2) is 0 Å². The van der Waals surface area contributed by atoms with E-state index in [4.69, 9.17) is 0 Å². The van der Waals surface area contributed by atoms with E-state index >= 15 is 0 Å². The van der Waals surface area contributed by atoms with Gasteiger partial charge in [0.25, 0.3) is 11.5 Å². The van der Waals surface area contributed by atoms with Crippen molar-refractivity contribution in [3.8, 4) is 0 Å². The molecule has 1 aromatic rings. The first-order valence-electron chi connectivity index (χ1n) is 6.38. The molecular weight excluding hydrogens is 312 g/mol. The topological polar surface area (TPSA) is 71.3 Å². The second-order valence-electron chi connectivity index (χ2n) is 5.38. The summed E-state index contributed by atoms with van der Waals surface area (Å²) in [5.41, 5.74) is 0.393. The first-order valence-corrected chi connectivity index (χ1v) is 7.17. The van der Waals surface area contributed by atoms with Gasteiger partial charge in [-0.15, -0.1) is 0 Å². The number of pyridine rings is 1. The van der Waals surface area contributed by atoms with E-state index in [2.05, 4.69) is 21.2 Å². The van der Waals surface area contributed by atoms with Crippen LogP contribution in [-0.4, -0.2) is 21.7 Å². The highest BCUT2D eigenvalue weighted by atomic mass is 79.9. The maximum absolute atomic E-state index is 12.4. The van der Waals surface area contributed by atoms with Gasteiger partial charge in [-0.1, -0.05) is 0 Å². The van der Waals surface area contributed by atoms with Crippen LogP contribution in [0, 0.1) is 6.92 Å². The minimum Gasteiger partial charge on any atom is -0.393 e. The van der Waals surface area contributed by atoms with Crippen LogP contribution < -0.4 is 10.9 Å². The van der Waals surface area contributed by atoms with Crippen LogP contribution in [0.5, 0.6) is 0 Å². The number of hydrogen-bond donors (Lipinski definition) is 2. The predicted octanol–water partition coefficient (Wildman–Crippen LogP) is 1.25. The highest BCUT2D eigenvalue weighted by molar-refractivity contribution is 9.10. The SMILES string of the molecule is Cc1cc(Br)c(=O)n2c1C(=O)NC21CCC(O)CC1. The standard InChI is InChI=1S/C13H15BrN2O3/c1-7-6-9(14)12(19)16-10(7)11(18)15-13(16)4-2-8(17)3-5-13/h6,8,17H,2-5H2,1H3,(H,15,18). The van der Waals surface area contributed by atoms with Crippen molar-refractivity contribution >= 4 is 21.8 Å². The minimum atomic E-state index is -0.655. The summed E-state index contributed by atoms with van der Waals surface area (Å²) in [5, 5.41) is 12.6. The van der Waals surface area contributed by atoms with E-state index in [1.807, 2.05) is 6.92 Å². The van der Waals surface area contributed by atoms with E-state index in [9.17, 15) is 14.7 Å². The number of aryl methyl sites for hydroxylation is 1. The highest BCUT2D eigenvalue weighted by Crippen LogP contribution is 2.37. The zero-order valence-electron chi connectivity index (χ0n) is 10.6. The fraction of sp³-hybridized carbons (Fsp3) is 0.538. The molecule has 6 heteroatoms. The summed E-state index contributed by atoms with van der Waals surface area (Å²) in [6.07, 6.45) is 2.02. The number of amides is 1. The van der Waals surface area contributed by atoms with Crippen LogP contribution in [0.15, 0.2) is 15.3 Å². The lowest BCUT2D eigenvalue weighted by molar-refractivity contribution is 0.0530. The van der Waals surface area contributed by atoms with Gasteiger partial charge in [-0.05, 0) is 60.2 Å². The molecule has 0 aromatic carbocycles. The van der Waals surface area contributed by atoms with Gasteiger partial charge < -0.3 is 10.4 Å². The van der Waals surface area contributed by atoms with Crippen molar-refractivity contribution in [3.63, 3.8) is 0 Å². The molecule has 19 heavy (non-hydrogen) atoms. The van der Waals surface area contributed by atoms with E-state index in [0.29, 0.717) is 35.8 Å². The van der Waals surface area contributed by atoms with Crippen LogP contribution >= 0.6 is 15.9 Å². The molecule has 1 aromatic heterocycles. The van der Waals surface area contributed by atoms with Crippen molar-refractivity contribution in [2.24, 2.45) is 0 Å². The lowest BCUT2D eigenvalue weighted by Crippen LogP contribution is -2.50. The molecule has 5 nitrogen and oxygen atoms in total. The molecule has 0 saturated heterocycles. The molecule has 1 aliphatic carbocycles. The van der Waals surface area contributed by atoms with Crippen LogP contribution in [0.25, 0.3) is 0 Å². The van der Waals surface area contributed by atoms with Gasteiger partial charge in [-0.3, -0.25) is 14.2 Å². The maximum Gasteiger partial charge on any atom is 0.270 e. The molecule has 0 atom stereocenters. The number of fused-ring (bicyclic) bond motifs is 2. The monoisotopic (exact) mass is 326 g/mol. The number of rotatable bonds is 0. The lowest BCUT2D eigenvalue weighted by atomic mass is 9.87. The Labute approximate surface area is 118 Å². The summed E-state index contributed by atoms with van der Waals surface area (Å²) >= 11 is 3.26. The van der Waals surface area contributed by atoms with Crippen molar-refractivity contribution < 1.29 is 9.90 Å². The fourth-order valence-corrected chi connectivity index (χ4v) is 3.67. The molecule has 1 spiro atoms. The summed E-state index contributed by atoms with van der Waals surface area (Å²) in [6.45, 7) is 1.83. The average molecular weight is 327 g/mol. The number of carbonyl (C=O) groups is 1. The Morgan fingerprint density at radius 2 is 2.05 bits per heavy atom. The zero-order chi connectivity index (χ0) is 13.8. The van der Waals surface area contributed by atoms with Gasteiger partial charge >= 0.3 is 0 Å². The van der Waals surface area contributed by atoms with Crippen molar-refractivity contribution in [2.45, 2.75) is 44.4 Å². The Hall–Kier alpha value is -1.14. The molecule has 1 saturated carbocycles. The number of carbonyl (C=O) groups excluding carboxylic acids is 1. The maximum atomic E-state index is 12.4. The normalized spacial score (nSPS) is 29.4. The number of hydrogen-bond acceptors (Lipinski definition) is 3. The number of aromatic nitrogens is 1. The van der Waals surface area contributed by atoms with Gasteiger partial charge in [0.1, 0.15) is 11.4 Å². The van der Waals surface area contributed by atoms with Crippen molar-refractivity contribution in [3.05, 3.63) is 32.2 Å². The number of aliphatic hydroxyl groups is 1. The number of aliphatic hydroxyl groups excluding tert-OH is 1. The van der Waals surface area contributed by atoms with Gasteiger partial charge in [0.05, 0.1) is 10.6 Å². The van der Waals surface area contributed by atoms with Crippen molar-refractivity contribution in [1.29, 1.82) is 0 Å². The first kappa shape index (κ1) is 12.9. The average Bonchev–Trinajstić information content (AvgIpc) is 2.64. The molecule has 2 N–H and O–H groups in total. The molecule has 1 aliphatic heterocycles. The second kappa shape index (κ2) is 4.18. The third-order valence-corrected chi connectivity index (χ3v) is 4.69. The quantitative estimate of drug-likeness (QED) is 0.753. The van der Waals surface area contributed by atoms with E-state index in [1.54, 1.807) is 10.6 Å². The number of halogens is 1. The van der Waals surface area contributed by atoms with E-state index in [-0.39, 0.29) is 17.6 Å². The molecule has 3 rings (SSSR count). The summed E-state index contributed by atoms with van der Waals surface area (Å²) in [6, 6.07) is 1.68. The van der Waals surface area contributed by atoms with Crippen molar-refractivity contribution in [2.75, 3.05) is 0 Å². The summed E-state index contributed by atoms with van der Waals surface area (Å²) in [7, 11) is 0.